The third-order valence-electron chi connectivity index (χ3n) is 6.30. The fraction of sp³-hybridized carbons (Fsp3) is 0.0968. The molecule has 1 amide bonds. The standard InChI is InChI=1S/C31H26N2O4/c1-33-28(20-32-30(34)22-13-15-24(16-14-22)37-23-11-7-4-8-12-23)29(21-9-5-3-6-10-21)27-19-25(36-2)17-18-26(27)31(33)35/h3-19H,20H2,1-2H3,(H,32,34). The molecule has 0 bridgehead atoms. The summed E-state index contributed by atoms with van der Waals surface area (Å²) in [4.78, 5) is 26.3. The maximum absolute atomic E-state index is 13.2. The van der Waals surface area contributed by atoms with Crippen LogP contribution in [0.1, 0.15) is 16.1 Å². The Kier molecular flexibility index (Phi) is 6.72. The minimum absolute atomic E-state index is 0.135. The number of fused-ring (bicyclic) bond motifs is 1. The summed E-state index contributed by atoms with van der Waals surface area (Å²) in [6, 6.07) is 31.7. The van der Waals surface area contributed by atoms with E-state index in [0.29, 0.717) is 28.1 Å². The van der Waals surface area contributed by atoms with Gasteiger partial charge in [0.15, 0.2) is 0 Å². The van der Waals surface area contributed by atoms with E-state index < -0.39 is 0 Å². The van der Waals surface area contributed by atoms with E-state index in [9.17, 15) is 9.59 Å². The number of pyridine rings is 1. The van der Waals surface area contributed by atoms with Crippen LogP contribution in [0.15, 0.2) is 108 Å². The summed E-state index contributed by atoms with van der Waals surface area (Å²) >= 11 is 0. The maximum atomic E-state index is 13.2. The molecule has 1 aromatic heterocycles. The number of hydrogen-bond donors (Lipinski definition) is 1. The van der Waals surface area contributed by atoms with Crippen molar-refractivity contribution in [2.45, 2.75) is 6.54 Å². The topological polar surface area (TPSA) is 69.6 Å². The predicted octanol–water partition coefficient (Wildman–Crippen LogP) is 5.94. The van der Waals surface area contributed by atoms with E-state index >= 15 is 0 Å². The molecule has 184 valence electrons. The molecule has 6 nitrogen and oxygen atoms in total. The number of nitrogens with one attached hydrogen (secondary N) is 1. The zero-order chi connectivity index (χ0) is 25.8. The molecule has 0 aliphatic rings. The quantitative estimate of drug-likeness (QED) is 0.307. The number of nitrogens with zero attached hydrogens (tertiary/aromatic N) is 1. The SMILES string of the molecule is COc1ccc2c(=O)n(C)c(CNC(=O)c3ccc(Oc4ccccc4)cc3)c(-c3ccccc3)c2c1. The molecule has 37 heavy (non-hydrogen) atoms. The van der Waals surface area contributed by atoms with Gasteiger partial charge in [0.2, 0.25) is 0 Å². The number of ether oxygens (including phenoxy) is 2. The number of benzene rings is 4. The first kappa shape index (κ1) is 23.9. The summed E-state index contributed by atoms with van der Waals surface area (Å²) in [7, 11) is 3.33. The monoisotopic (exact) mass is 490 g/mol. The van der Waals surface area contributed by atoms with Crippen molar-refractivity contribution in [2.24, 2.45) is 7.05 Å². The molecule has 0 spiro atoms. The summed E-state index contributed by atoms with van der Waals surface area (Å²) in [6.45, 7) is 0.171. The molecular formula is C31H26N2O4. The summed E-state index contributed by atoms with van der Waals surface area (Å²) in [5.41, 5.74) is 2.89. The average molecular weight is 491 g/mol. The van der Waals surface area contributed by atoms with Crippen LogP contribution in [0.4, 0.5) is 0 Å². The number of para-hydroxylation sites is 1. The van der Waals surface area contributed by atoms with Crippen molar-refractivity contribution in [3.8, 4) is 28.4 Å². The molecule has 0 atom stereocenters. The van der Waals surface area contributed by atoms with Gasteiger partial charge in [-0.2, -0.15) is 0 Å². The second-order valence-corrected chi connectivity index (χ2v) is 8.59. The molecule has 0 aliphatic carbocycles. The Labute approximate surface area is 214 Å². The van der Waals surface area contributed by atoms with Gasteiger partial charge in [-0.05, 0) is 60.2 Å². The van der Waals surface area contributed by atoms with Gasteiger partial charge in [0.1, 0.15) is 17.2 Å². The molecule has 0 saturated carbocycles. The van der Waals surface area contributed by atoms with Crippen molar-refractivity contribution in [3.63, 3.8) is 0 Å². The first-order chi connectivity index (χ1) is 18.0. The van der Waals surface area contributed by atoms with Gasteiger partial charge in [-0.3, -0.25) is 9.59 Å². The lowest BCUT2D eigenvalue weighted by Crippen LogP contribution is -2.29. The number of hydrogen-bond acceptors (Lipinski definition) is 4. The van der Waals surface area contributed by atoms with Crippen LogP contribution in [-0.2, 0) is 13.6 Å². The fourth-order valence-electron chi connectivity index (χ4n) is 4.37. The Morgan fingerprint density at radius 2 is 1.41 bits per heavy atom. The third-order valence-corrected chi connectivity index (χ3v) is 6.30. The minimum Gasteiger partial charge on any atom is -0.497 e. The number of methoxy groups -OCH3 is 1. The summed E-state index contributed by atoms with van der Waals surface area (Å²) in [5.74, 6) is 1.77. The van der Waals surface area contributed by atoms with Crippen LogP contribution in [0.3, 0.4) is 0 Å². The second-order valence-electron chi connectivity index (χ2n) is 8.59. The lowest BCUT2D eigenvalue weighted by Gasteiger charge is -2.19. The van der Waals surface area contributed by atoms with Gasteiger partial charge >= 0.3 is 0 Å². The Bertz CT molecular complexity index is 1610. The van der Waals surface area contributed by atoms with Crippen molar-refractivity contribution in [1.29, 1.82) is 0 Å². The molecule has 1 heterocycles. The highest BCUT2D eigenvalue weighted by Gasteiger charge is 2.18. The van der Waals surface area contributed by atoms with Crippen LogP contribution in [0.25, 0.3) is 21.9 Å². The molecule has 4 aromatic carbocycles. The van der Waals surface area contributed by atoms with Crippen molar-refractivity contribution in [2.75, 3.05) is 7.11 Å². The number of rotatable bonds is 7. The highest BCUT2D eigenvalue weighted by molar-refractivity contribution is 5.99. The molecular weight excluding hydrogens is 464 g/mol. The summed E-state index contributed by atoms with van der Waals surface area (Å²) < 4.78 is 12.9. The molecule has 6 heteroatoms. The van der Waals surface area contributed by atoms with Crippen LogP contribution in [0.5, 0.6) is 17.2 Å². The number of carbonyl (C=O) groups is 1. The molecule has 0 radical (unpaired) electrons. The van der Waals surface area contributed by atoms with E-state index in [-0.39, 0.29) is 18.0 Å². The first-order valence-electron chi connectivity index (χ1n) is 11.9. The number of carbonyl (C=O) groups excluding carboxylic acids is 1. The largest absolute Gasteiger partial charge is 0.497 e. The van der Waals surface area contributed by atoms with Gasteiger partial charge in [-0.25, -0.2) is 0 Å². The van der Waals surface area contributed by atoms with Gasteiger partial charge in [0.25, 0.3) is 11.5 Å². The summed E-state index contributed by atoms with van der Waals surface area (Å²) in [5, 5.41) is 4.35. The lowest BCUT2D eigenvalue weighted by atomic mass is 9.96. The highest BCUT2D eigenvalue weighted by atomic mass is 16.5. The molecule has 0 unspecified atom stereocenters. The summed E-state index contributed by atoms with van der Waals surface area (Å²) in [6.07, 6.45) is 0. The van der Waals surface area contributed by atoms with Gasteiger partial charge in [-0.15, -0.1) is 0 Å². The van der Waals surface area contributed by atoms with Crippen LogP contribution in [-0.4, -0.2) is 17.6 Å². The van der Waals surface area contributed by atoms with Gasteiger partial charge in [-0.1, -0.05) is 48.5 Å². The smallest absolute Gasteiger partial charge is 0.258 e. The van der Waals surface area contributed by atoms with Crippen LogP contribution < -0.4 is 20.3 Å². The highest BCUT2D eigenvalue weighted by Crippen LogP contribution is 2.32. The van der Waals surface area contributed by atoms with Crippen molar-refractivity contribution < 1.29 is 14.3 Å². The van der Waals surface area contributed by atoms with E-state index in [1.54, 1.807) is 55.1 Å². The number of amides is 1. The zero-order valence-corrected chi connectivity index (χ0v) is 20.6. The Hall–Kier alpha value is -4.84. The third kappa shape index (κ3) is 4.95. The Morgan fingerprint density at radius 3 is 2.08 bits per heavy atom. The van der Waals surface area contributed by atoms with Crippen molar-refractivity contribution >= 4 is 16.7 Å². The first-order valence-corrected chi connectivity index (χ1v) is 11.9. The van der Waals surface area contributed by atoms with E-state index in [1.807, 2.05) is 66.7 Å². The van der Waals surface area contributed by atoms with Crippen LogP contribution in [0.2, 0.25) is 0 Å². The molecule has 5 aromatic rings. The molecule has 1 N–H and O–H groups in total. The van der Waals surface area contributed by atoms with Gasteiger partial charge < -0.3 is 19.4 Å². The number of aromatic nitrogens is 1. The predicted molar refractivity (Wildman–Crippen MR) is 145 cm³/mol. The lowest BCUT2D eigenvalue weighted by molar-refractivity contribution is 0.0950. The van der Waals surface area contributed by atoms with E-state index in [2.05, 4.69) is 5.32 Å². The van der Waals surface area contributed by atoms with E-state index in [0.717, 1.165) is 22.3 Å². The van der Waals surface area contributed by atoms with Crippen molar-refractivity contribution in [1.82, 2.24) is 9.88 Å². The Morgan fingerprint density at radius 1 is 0.784 bits per heavy atom. The molecule has 0 aliphatic heterocycles. The fourth-order valence-corrected chi connectivity index (χ4v) is 4.37. The van der Waals surface area contributed by atoms with Crippen LogP contribution >= 0.6 is 0 Å². The molecule has 0 saturated heterocycles. The van der Waals surface area contributed by atoms with E-state index in [1.165, 1.54) is 0 Å². The normalized spacial score (nSPS) is 10.8. The average Bonchev–Trinajstić information content (AvgIpc) is 2.95. The second kappa shape index (κ2) is 10.4. The minimum atomic E-state index is -0.247. The maximum Gasteiger partial charge on any atom is 0.258 e. The molecule has 0 fully saturated rings. The van der Waals surface area contributed by atoms with Crippen LogP contribution in [0, 0.1) is 0 Å². The Balaban J connectivity index is 1.46. The molecule has 5 rings (SSSR count). The van der Waals surface area contributed by atoms with Gasteiger partial charge in [0, 0.05) is 34.6 Å². The van der Waals surface area contributed by atoms with E-state index in [4.69, 9.17) is 9.47 Å². The van der Waals surface area contributed by atoms with Crippen molar-refractivity contribution in [3.05, 3.63) is 125 Å². The zero-order valence-electron chi connectivity index (χ0n) is 20.6. The van der Waals surface area contributed by atoms with Gasteiger partial charge in [0.05, 0.1) is 13.7 Å².